The van der Waals surface area contributed by atoms with Crippen molar-refractivity contribution in [2.45, 2.75) is 19.3 Å². The fourth-order valence-electron chi connectivity index (χ4n) is 3.59. The Hall–Kier alpha value is -2.82. The molecule has 0 aromatic heterocycles. The lowest BCUT2D eigenvalue weighted by molar-refractivity contribution is -0.394. The quantitative estimate of drug-likeness (QED) is 0.112. The summed E-state index contributed by atoms with van der Waals surface area (Å²) in [6.07, 6.45) is 0. The second kappa shape index (κ2) is 12.4. The molecule has 0 radical (unpaired) electrons. The van der Waals surface area contributed by atoms with E-state index in [1.807, 2.05) is 0 Å². The first-order valence-corrected chi connectivity index (χ1v) is 14.0. The SMILES string of the molecule is O=[N+]([O-])c1ccc([C@@H](Br)[C@H](Br)c2ccc([C@H](Br)[C@H](Br)c3ccc([N+](=O)[O-])cc3[N+](=O)[O-])cc2)c([N+](=O)[O-])c1. The molecule has 0 aliphatic heterocycles. The third kappa shape index (κ3) is 6.42. The number of halogens is 4. The standard InChI is InChI=1S/C22H14Br4N4O8/c23-19(21(25)15-7-5-13(27(31)32)9-17(15)29(35)36)11-1-2-12(4-3-11)20(24)22(26)16-8-6-14(28(33)34)10-18(16)30(37)38/h1-10,19-22H/t19-,20+,21-,22-/m1/s1. The number of rotatable bonds is 10. The zero-order valence-corrected chi connectivity index (χ0v) is 25.0. The minimum Gasteiger partial charge on any atom is -0.258 e. The molecular weight excluding hydrogens is 768 g/mol. The molecule has 16 heteroatoms. The first kappa shape index (κ1) is 29.7. The van der Waals surface area contributed by atoms with Gasteiger partial charge >= 0.3 is 0 Å². The predicted molar refractivity (Wildman–Crippen MR) is 153 cm³/mol. The highest BCUT2D eigenvalue weighted by Crippen LogP contribution is 2.48. The number of hydrogen-bond acceptors (Lipinski definition) is 8. The average molecular weight is 782 g/mol. The fourth-order valence-corrected chi connectivity index (χ4v) is 6.16. The van der Waals surface area contributed by atoms with Crippen molar-refractivity contribution in [3.05, 3.63) is 123 Å². The van der Waals surface area contributed by atoms with Gasteiger partial charge in [0, 0.05) is 23.3 Å². The topological polar surface area (TPSA) is 173 Å². The zero-order valence-electron chi connectivity index (χ0n) is 18.6. The van der Waals surface area contributed by atoms with Crippen LogP contribution in [0.1, 0.15) is 41.6 Å². The van der Waals surface area contributed by atoms with Gasteiger partial charge in [0.2, 0.25) is 0 Å². The molecule has 12 nitrogen and oxygen atoms in total. The van der Waals surface area contributed by atoms with Crippen LogP contribution >= 0.6 is 63.7 Å². The van der Waals surface area contributed by atoms with E-state index in [2.05, 4.69) is 63.7 Å². The van der Waals surface area contributed by atoms with E-state index in [9.17, 15) is 40.5 Å². The Kier molecular flexibility index (Phi) is 9.67. The molecule has 3 aromatic rings. The summed E-state index contributed by atoms with van der Waals surface area (Å²) in [5, 5.41) is 45.1. The van der Waals surface area contributed by atoms with Crippen LogP contribution in [0.5, 0.6) is 0 Å². The van der Waals surface area contributed by atoms with Gasteiger partial charge in [-0.3, -0.25) is 40.5 Å². The summed E-state index contributed by atoms with van der Waals surface area (Å²) in [5.74, 6) is 0. The Balaban J connectivity index is 1.86. The molecule has 0 N–H and O–H groups in total. The highest BCUT2D eigenvalue weighted by molar-refractivity contribution is 9.12. The van der Waals surface area contributed by atoms with E-state index in [0.717, 1.165) is 23.3 Å². The molecule has 0 saturated carbocycles. The van der Waals surface area contributed by atoms with E-state index in [4.69, 9.17) is 0 Å². The van der Waals surface area contributed by atoms with E-state index < -0.39 is 61.8 Å². The number of nitro benzene ring substituents is 4. The van der Waals surface area contributed by atoms with Crippen molar-refractivity contribution in [2.75, 3.05) is 0 Å². The van der Waals surface area contributed by atoms with Gasteiger partial charge in [-0.1, -0.05) is 88.0 Å². The summed E-state index contributed by atoms with van der Waals surface area (Å²) in [6.45, 7) is 0. The molecule has 3 rings (SSSR count). The van der Waals surface area contributed by atoms with Crippen LogP contribution in [0.3, 0.4) is 0 Å². The summed E-state index contributed by atoms with van der Waals surface area (Å²) >= 11 is 14.0. The lowest BCUT2D eigenvalue weighted by Crippen LogP contribution is -2.06. The minimum atomic E-state index is -0.705. The highest BCUT2D eigenvalue weighted by atomic mass is 79.9. The molecule has 3 aromatic carbocycles. The lowest BCUT2D eigenvalue weighted by Gasteiger charge is -2.20. The monoisotopic (exact) mass is 778 g/mol. The smallest absolute Gasteiger partial charge is 0.258 e. The van der Waals surface area contributed by atoms with Gasteiger partial charge in [-0.15, -0.1) is 0 Å². The molecule has 0 aliphatic rings. The molecule has 0 amide bonds. The van der Waals surface area contributed by atoms with Gasteiger partial charge < -0.3 is 0 Å². The Bertz CT molecular complexity index is 1320. The number of benzene rings is 3. The molecule has 38 heavy (non-hydrogen) atoms. The van der Waals surface area contributed by atoms with Crippen molar-refractivity contribution < 1.29 is 19.7 Å². The molecule has 0 bridgehead atoms. The van der Waals surface area contributed by atoms with E-state index in [0.29, 0.717) is 0 Å². The Morgan fingerprint density at radius 1 is 0.474 bits per heavy atom. The summed E-state index contributed by atoms with van der Waals surface area (Å²) in [7, 11) is 0. The molecule has 0 spiro atoms. The first-order valence-electron chi connectivity index (χ1n) is 10.3. The van der Waals surface area contributed by atoms with Gasteiger partial charge in [-0.2, -0.15) is 0 Å². The van der Waals surface area contributed by atoms with Gasteiger partial charge in [-0.25, -0.2) is 0 Å². The number of non-ortho nitro benzene ring substituents is 2. The van der Waals surface area contributed by atoms with Crippen LogP contribution in [0, 0.1) is 40.5 Å². The summed E-state index contributed by atoms with van der Waals surface area (Å²) < 4.78 is 0. The van der Waals surface area contributed by atoms with E-state index in [1.165, 1.54) is 24.3 Å². The van der Waals surface area contributed by atoms with E-state index in [1.54, 1.807) is 24.3 Å². The minimum absolute atomic E-state index is 0.246. The van der Waals surface area contributed by atoms with Crippen LogP contribution < -0.4 is 0 Å². The average Bonchev–Trinajstić information content (AvgIpc) is 2.90. The molecule has 0 aliphatic carbocycles. The second-order valence-corrected chi connectivity index (χ2v) is 11.7. The molecular formula is C22H14Br4N4O8. The van der Waals surface area contributed by atoms with Crippen LogP contribution in [-0.2, 0) is 0 Å². The number of hydrogen-bond donors (Lipinski definition) is 0. The van der Waals surface area contributed by atoms with Gasteiger partial charge in [0.1, 0.15) is 0 Å². The Morgan fingerprint density at radius 2 is 0.789 bits per heavy atom. The number of nitro groups is 4. The van der Waals surface area contributed by atoms with E-state index >= 15 is 0 Å². The maximum absolute atomic E-state index is 11.5. The Labute approximate surface area is 247 Å². The summed E-state index contributed by atoms with van der Waals surface area (Å²) in [5.41, 5.74) is 0.384. The lowest BCUT2D eigenvalue weighted by atomic mass is 9.98. The predicted octanol–water partition coefficient (Wildman–Crippen LogP) is 8.46. The van der Waals surface area contributed by atoms with Crippen molar-refractivity contribution in [1.82, 2.24) is 0 Å². The first-order chi connectivity index (χ1) is 17.8. The molecule has 0 heterocycles. The van der Waals surface area contributed by atoms with Crippen molar-refractivity contribution in [3.8, 4) is 0 Å². The maximum Gasteiger partial charge on any atom is 0.280 e. The molecule has 198 valence electrons. The number of alkyl halides is 4. The second-order valence-electron chi connectivity index (χ2n) is 7.79. The largest absolute Gasteiger partial charge is 0.280 e. The summed E-state index contributed by atoms with van der Waals surface area (Å²) in [4.78, 5) is 40.2. The number of nitrogens with zero attached hydrogens (tertiary/aromatic N) is 4. The van der Waals surface area contributed by atoms with Crippen LogP contribution in [0.2, 0.25) is 0 Å². The van der Waals surface area contributed by atoms with Gasteiger partial charge in [0.15, 0.2) is 0 Å². The zero-order chi connectivity index (χ0) is 28.3. The molecule has 0 fully saturated rings. The molecule has 4 atom stereocenters. The van der Waals surface area contributed by atoms with Gasteiger partial charge in [0.05, 0.1) is 51.1 Å². The van der Waals surface area contributed by atoms with Crippen LogP contribution in [0.25, 0.3) is 0 Å². The maximum atomic E-state index is 11.5. The normalized spacial score (nSPS) is 14.2. The Morgan fingerprint density at radius 3 is 1.05 bits per heavy atom. The third-order valence-corrected chi connectivity index (χ3v) is 11.1. The van der Waals surface area contributed by atoms with Crippen LogP contribution in [0.4, 0.5) is 22.7 Å². The van der Waals surface area contributed by atoms with Gasteiger partial charge in [-0.05, 0) is 23.3 Å². The van der Waals surface area contributed by atoms with Crippen molar-refractivity contribution in [1.29, 1.82) is 0 Å². The summed E-state index contributed by atoms with van der Waals surface area (Å²) in [6, 6.07) is 13.9. The van der Waals surface area contributed by atoms with Crippen LogP contribution in [-0.4, -0.2) is 19.7 Å². The highest BCUT2D eigenvalue weighted by Gasteiger charge is 2.31. The van der Waals surface area contributed by atoms with E-state index in [-0.39, 0.29) is 11.1 Å². The fraction of sp³-hybridized carbons (Fsp3) is 0.182. The third-order valence-electron chi connectivity index (χ3n) is 5.52. The van der Waals surface area contributed by atoms with Crippen molar-refractivity contribution in [2.24, 2.45) is 0 Å². The van der Waals surface area contributed by atoms with Crippen molar-refractivity contribution >= 4 is 86.5 Å². The van der Waals surface area contributed by atoms with Gasteiger partial charge in [0.25, 0.3) is 22.7 Å². The molecule has 0 unspecified atom stereocenters. The molecule has 0 saturated heterocycles. The van der Waals surface area contributed by atoms with Crippen LogP contribution in [0.15, 0.2) is 60.7 Å². The van der Waals surface area contributed by atoms with Crippen molar-refractivity contribution in [3.63, 3.8) is 0 Å².